The molecule has 0 saturated carbocycles. The largest absolute Gasteiger partial charge is 0.477 e. The van der Waals surface area contributed by atoms with E-state index in [1.807, 2.05) is 24.3 Å². The monoisotopic (exact) mass is 749 g/mol. The summed E-state index contributed by atoms with van der Waals surface area (Å²) in [5, 5.41) is 35.3. The van der Waals surface area contributed by atoms with E-state index in [4.69, 9.17) is 5.11 Å². The average Bonchev–Trinajstić information content (AvgIpc) is 3.06. The van der Waals surface area contributed by atoms with Crippen LogP contribution in [0.15, 0.2) is 128 Å². The van der Waals surface area contributed by atoms with Gasteiger partial charge in [-0.15, -0.1) is 33.8 Å². The third-order valence-electron chi connectivity index (χ3n) is 7.25. The molecule has 8 rings (SSSR count). The maximum atomic E-state index is 10.1. The van der Waals surface area contributed by atoms with E-state index in [0.29, 0.717) is 11.6 Å². The van der Waals surface area contributed by atoms with Crippen LogP contribution >= 0.6 is 0 Å². The van der Waals surface area contributed by atoms with Crippen LogP contribution in [-0.4, -0.2) is 36.5 Å². The Morgan fingerprint density at radius 2 is 1.11 bits per heavy atom. The third kappa shape index (κ3) is 5.64. The number of fused-ring (bicyclic) bond motifs is 4. The van der Waals surface area contributed by atoms with Crippen LogP contribution in [0.2, 0.25) is 0 Å². The fraction of sp³-hybridized carbons (Fsp3) is 0. The second kappa shape index (κ2) is 12.4. The molecule has 44 heavy (non-hydrogen) atoms. The van der Waals surface area contributed by atoms with Crippen LogP contribution in [0.25, 0.3) is 65.9 Å². The Kier molecular flexibility index (Phi) is 8.10. The van der Waals surface area contributed by atoms with Gasteiger partial charge in [0.05, 0.1) is 0 Å². The number of hydrogen-bond donors (Lipinski definition) is 1. The fourth-order valence-electron chi connectivity index (χ4n) is 5.18. The van der Waals surface area contributed by atoms with Gasteiger partial charge >= 0.3 is 5.97 Å². The molecule has 0 fully saturated rings. The van der Waals surface area contributed by atoms with Crippen molar-refractivity contribution >= 4 is 49.1 Å². The van der Waals surface area contributed by atoms with Gasteiger partial charge in [-0.05, 0) is 56.6 Å². The van der Waals surface area contributed by atoms with Crippen molar-refractivity contribution in [3.8, 4) is 22.8 Å². The van der Waals surface area contributed by atoms with Gasteiger partial charge in [-0.25, -0.2) is 9.78 Å². The zero-order valence-corrected chi connectivity index (χ0v) is 25.4. The molecule has 8 aromatic rings. The minimum absolute atomic E-state index is 0. The molecule has 0 bridgehead atoms. The molecule has 8 heteroatoms. The number of carboxylic acid groups (broad SMARTS) is 1. The molecular weight excluding hydrogens is 727 g/mol. The van der Waals surface area contributed by atoms with Crippen molar-refractivity contribution in [1.82, 2.24) is 25.4 Å². The number of benzene rings is 6. The molecule has 0 aliphatic carbocycles. The summed E-state index contributed by atoms with van der Waals surface area (Å²) in [5.41, 5.74) is 1.80. The number of nitrogens with zero attached hydrogens (tertiary/aromatic N) is 5. The van der Waals surface area contributed by atoms with Crippen LogP contribution in [0, 0.1) is 6.07 Å². The predicted molar refractivity (Wildman–Crippen MR) is 169 cm³/mol. The summed E-state index contributed by atoms with van der Waals surface area (Å²) in [6.07, 6.45) is 1.45. The molecule has 1 radical (unpaired) electrons. The summed E-state index contributed by atoms with van der Waals surface area (Å²) >= 11 is 0. The summed E-state index contributed by atoms with van der Waals surface area (Å²) in [7, 11) is 0. The summed E-state index contributed by atoms with van der Waals surface area (Å²) in [4.78, 5) is 13.7. The average molecular weight is 749 g/mol. The Bertz CT molecular complexity index is 2140. The van der Waals surface area contributed by atoms with Gasteiger partial charge in [0, 0.05) is 31.9 Å². The predicted octanol–water partition coefficient (Wildman–Crippen LogP) is 7.79. The van der Waals surface area contributed by atoms with Crippen molar-refractivity contribution in [2.24, 2.45) is 0 Å². The molecule has 0 spiro atoms. The van der Waals surface area contributed by atoms with Gasteiger partial charge < -0.3 is 5.11 Å². The number of carboxylic acids is 1. The van der Waals surface area contributed by atoms with Crippen LogP contribution in [0.1, 0.15) is 10.5 Å². The first kappa shape index (κ1) is 28.7. The number of rotatable bonds is 3. The molecule has 2 aromatic heterocycles. The van der Waals surface area contributed by atoms with Crippen molar-refractivity contribution in [2.45, 2.75) is 0 Å². The quantitative estimate of drug-likeness (QED) is 0.145. The number of pyridine rings is 1. The zero-order valence-electron chi connectivity index (χ0n) is 23.0. The maximum absolute atomic E-state index is 10.1. The van der Waals surface area contributed by atoms with E-state index in [1.165, 1.54) is 28.4 Å². The van der Waals surface area contributed by atoms with E-state index in [0.717, 1.165) is 38.1 Å². The van der Waals surface area contributed by atoms with Crippen molar-refractivity contribution in [3.63, 3.8) is 0 Å². The molecule has 7 nitrogen and oxygen atoms in total. The van der Waals surface area contributed by atoms with Crippen LogP contribution in [0.4, 0.5) is 0 Å². The van der Waals surface area contributed by atoms with Crippen molar-refractivity contribution in [1.29, 1.82) is 0 Å². The summed E-state index contributed by atoms with van der Waals surface area (Å²) in [5.74, 6) is -0.0127. The Morgan fingerprint density at radius 3 is 1.70 bits per heavy atom. The normalized spacial score (nSPS) is 10.7. The first-order chi connectivity index (χ1) is 21.1. The molecule has 0 amide bonds. The number of aromatic carboxylic acids is 1. The van der Waals surface area contributed by atoms with Gasteiger partial charge in [-0.2, -0.15) is 10.2 Å². The fourth-order valence-corrected chi connectivity index (χ4v) is 5.18. The Balaban J connectivity index is 0.000000298. The van der Waals surface area contributed by atoms with Gasteiger partial charge in [-0.3, -0.25) is 0 Å². The molecule has 0 aliphatic rings. The van der Waals surface area contributed by atoms with Crippen molar-refractivity contribution < 1.29 is 30.0 Å². The van der Waals surface area contributed by atoms with Crippen LogP contribution in [0.5, 0.6) is 0 Å². The minimum atomic E-state index is -0.990. The molecule has 0 atom stereocenters. The van der Waals surface area contributed by atoms with Gasteiger partial charge in [0.1, 0.15) is 11.5 Å². The molecule has 0 unspecified atom stereocenters. The second-order valence-corrected chi connectivity index (χ2v) is 9.93. The van der Waals surface area contributed by atoms with E-state index in [2.05, 4.69) is 110 Å². The van der Waals surface area contributed by atoms with Gasteiger partial charge in [0.15, 0.2) is 0 Å². The molecule has 2 heterocycles. The minimum Gasteiger partial charge on any atom is -0.477 e. The summed E-state index contributed by atoms with van der Waals surface area (Å²) in [6, 6.07) is 43.5. The number of hydrogen-bond acceptors (Lipinski definition) is 6. The molecule has 0 aliphatic heterocycles. The standard InChI is InChI=1S/C30H17N4.C6H5NO2.Ir/c1-3-9-21-17-27-23(15-19(21)7-1)11-5-13-25(27)29-31-33-30(34-32-29)26-14-6-12-24-16-20-8-2-4-10-22(20)18-28(24)26;8-6(9)5-3-1-2-4-7-5;/h1-13,15-18H;1-4H,(H,8,9);/q-1;;. The Hall–Kier alpha value is -5.43. The molecule has 213 valence electrons. The van der Waals surface area contributed by atoms with Gasteiger partial charge in [-0.1, -0.05) is 95.9 Å². The molecular formula is C36H22IrN5O2-. The van der Waals surface area contributed by atoms with E-state index in [-0.39, 0.29) is 25.8 Å². The maximum Gasteiger partial charge on any atom is 0.354 e. The van der Waals surface area contributed by atoms with Crippen LogP contribution in [0.3, 0.4) is 0 Å². The van der Waals surface area contributed by atoms with E-state index >= 15 is 0 Å². The van der Waals surface area contributed by atoms with Crippen LogP contribution < -0.4 is 0 Å². The van der Waals surface area contributed by atoms with E-state index < -0.39 is 5.97 Å². The smallest absolute Gasteiger partial charge is 0.354 e. The Labute approximate surface area is 265 Å². The Morgan fingerprint density at radius 1 is 0.568 bits per heavy atom. The molecule has 1 N–H and O–H groups in total. The first-order valence-corrected chi connectivity index (χ1v) is 13.6. The van der Waals surface area contributed by atoms with Gasteiger partial charge in [0.25, 0.3) is 0 Å². The van der Waals surface area contributed by atoms with E-state index in [9.17, 15) is 4.79 Å². The zero-order chi connectivity index (χ0) is 29.2. The summed E-state index contributed by atoms with van der Waals surface area (Å²) in [6.45, 7) is 0. The first-order valence-electron chi connectivity index (χ1n) is 13.6. The van der Waals surface area contributed by atoms with Gasteiger partial charge in [0.2, 0.25) is 5.82 Å². The molecule has 0 saturated heterocycles. The number of carbonyl (C=O) groups is 1. The topological polar surface area (TPSA) is 102 Å². The van der Waals surface area contributed by atoms with E-state index in [1.54, 1.807) is 12.1 Å². The van der Waals surface area contributed by atoms with Crippen LogP contribution in [-0.2, 0) is 20.1 Å². The number of aromatic nitrogens is 5. The SMILES string of the molecule is O=C(O)c1ccccn1.[Ir].[c-]1ccc2cc3ccccc3cc2c1-c1nnc(-c2cccc3cc4ccccc4cc23)nn1. The molecule has 6 aromatic carbocycles. The summed E-state index contributed by atoms with van der Waals surface area (Å²) < 4.78 is 0. The van der Waals surface area contributed by atoms with Crippen molar-refractivity contribution in [3.05, 3.63) is 139 Å². The second-order valence-electron chi connectivity index (χ2n) is 9.93. The van der Waals surface area contributed by atoms with Crippen molar-refractivity contribution in [2.75, 3.05) is 0 Å². The third-order valence-corrected chi connectivity index (χ3v) is 7.25.